The van der Waals surface area contributed by atoms with Crippen LogP contribution in [0, 0.1) is 11.3 Å². The Morgan fingerprint density at radius 1 is 1.19 bits per heavy atom. The summed E-state index contributed by atoms with van der Waals surface area (Å²) in [6, 6.07) is 7.13. The molecule has 3 aromatic rings. The second-order valence-electron chi connectivity index (χ2n) is 11.0. The van der Waals surface area contributed by atoms with Gasteiger partial charge in [-0.05, 0) is 45.4 Å². The van der Waals surface area contributed by atoms with Crippen LogP contribution in [-0.2, 0) is 25.4 Å². The van der Waals surface area contributed by atoms with E-state index in [1.54, 1.807) is 11.6 Å². The van der Waals surface area contributed by atoms with Crippen molar-refractivity contribution in [3.8, 4) is 6.07 Å². The molecule has 3 atom stereocenters. The van der Waals surface area contributed by atoms with Gasteiger partial charge in [0.25, 0.3) is 0 Å². The summed E-state index contributed by atoms with van der Waals surface area (Å²) in [4.78, 5) is 31.5. The third-order valence-electron chi connectivity index (χ3n) is 7.43. The van der Waals surface area contributed by atoms with Crippen molar-refractivity contribution in [1.82, 2.24) is 29.0 Å². The van der Waals surface area contributed by atoms with Crippen LogP contribution in [-0.4, -0.2) is 54.2 Å². The van der Waals surface area contributed by atoms with Gasteiger partial charge in [-0.25, -0.2) is 9.78 Å². The highest BCUT2D eigenvalue weighted by Crippen LogP contribution is 2.33. The summed E-state index contributed by atoms with van der Waals surface area (Å²) in [7, 11) is 1.72. The molecule has 9 nitrogen and oxygen atoms in total. The number of aromatic nitrogens is 5. The molecule has 0 amide bonds. The SMILES string of the molecule is CCn1c(CC#N)nc2c(N3C[C@@H](C)N(C(C)c4ccnc(C(C)(C)C)c4)C[C@@H]3C)nc(=O)n(C)c21. The second-order valence-corrected chi connectivity index (χ2v) is 11.0. The molecule has 9 heteroatoms. The first-order chi connectivity index (χ1) is 17.0. The first kappa shape index (κ1) is 25.8. The van der Waals surface area contributed by atoms with Crippen LogP contribution in [0.1, 0.15) is 71.6 Å². The molecule has 0 saturated carbocycles. The van der Waals surface area contributed by atoms with Gasteiger partial charge in [0.05, 0.1) is 12.5 Å². The number of nitriles is 1. The molecule has 1 fully saturated rings. The van der Waals surface area contributed by atoms with Crippen molar-refractivity contribution in [3.05, 3.63) is 45.9 Å². The summed E-state index contributed by atoms with van der Waals surface area (Å²) in [6.45, 7) is 17.4. The average Bonchev–Trinajstić information content (AvgIpc) is 3.20. The van der Waals surface area contributed by atoms with Crippen LogP contribution < -0.4 is 10.6 Å². The standard InChI is InChI=1S/C27H38N8O/c1-9-33-22(10-12-28)30-23-24(31-26(36)32(8)25(23)33)35-16-17(2)34(15-18(35)3)19(4)20-11-13-29-21(14-20)27(5,6)7/h11,13-14,17-19H,9-10,15-16H2,1-8H3/t17-,18+,19?/m1/s1. The molecule has 0 radical (unpaired) electrons. The van der Waals surface area contributed by atoms with Gasteiger partial charge in [0.2, 0.25) is 0 Å². The molecule has 36 heavy (non-hydrogen) atoms. The Morgan fingerprint density at radius 2 is 1.92 bits per heavy atom. The van der Waals surface area contributed by atoms with Crippen LogP contribution >= 0.6 is 0 Å². The number of hydrogen-bond donors (Lipinski definition) is 0. The van der Waals surface area contributed by atoms with Crippen molar-refractivity contribution >= 4 is 17.0 Å². The van der Waals surface area contributed by atoms with Crippen molar-refractivity contribution < 1.29 is 0 Å². The highest BCUT2D eigenvalue weighted by Gasteiger charge is 2.35. The number of nitrogens with zero attached hydrogens (tertiary/aromatic N) is 8. The van der Waals surface area contributed by atoms with Gasteiger partial charge >= 0.3 is 5.69 Å². The first-order valence-corrected chi connectivity index (χ1v) is 12.8. The Bertz CT molecular complexity index is 1360. The monoisotopic (exact) mass is 490 g/mol. The van der Waals surface area contributed by atoms with Crippen molar-refractivity contribution in [2.24, 2.45) is 7.05 Å². The van der Waals surface area contributed by atoms with Gasteiger partial charge in [0, 0.05) is 62.1 Å². The van der Waals surface area contributed by atoms with E-state index in [1.807, 2.05) is 17.7 Å². The van der Waals surface area contributed by atoms with E-state index in [1.165, 1.54) is 5.56 Å². The molecular formula is C27H38N8O. The third-order valence-corrected chi connectivity index (χ3v) is 7.43. The van der Waals surface area contributed by atoms with Crippen molar-refractivity contribution in [3.63, 3.8) is 0 Å². The maximum absolute atomic E-state index is 12.9. The van der Waals surface area contributed by atoms with Gasteiger partial charge in [-0.2, -0.15) is 10.2 Å². The fourth-order valence-electron chi connectivity index (χ4n) is 5.32. The molecule has 3 aromatic heterocycles. The summed E-state index contributed by atoms with van der Waals surface area (Å²) < 4.78 is 3.49. The van der Waals surface area contributed by atoms with E-state index >= 15 is 0 Å². The lowest BCUT2D eigenvalue weighted by atomic mass is 9.89. The van der Waals surface area contributed by atoms with E-state index in [0.717, 1.165) is 24.4 Å². The van der Waals surface area contributed by atoms with Crippen molar-refractivity contribution in [1.29, 1.82) is 5.26 Å². The van der Waals surface area contributed by atoms with Crippen LogP contribution in [0.2, 0.25) is 0 Å². The van der Waals surface area contributed by atoms with E-state index < -0.39 is 0 Å². The Morgan fingerprint density at radius 3 is 2.56 bits per heavy atom. The zero-order chi connectivity index (χ0) is 26.4. The maximum atomic E-state index is 12.9. The number of fused-ring (bicyclic) bond motifs is 1. The average molecular weight is 491 g/mol. The molecule has 0 aromatic carbocycles. The third kappa shape index (κ3) is 4.50. The minimum atomic E-state index is -0.308. The molecule has 1 aliphatic rings. The highest BCUT2D eigenvalue weighted by atomic mass is 16.1. The number of hydrogen-bond acceptors (Lipinski definition) is 7. The Kier molecular flexibility index (Phi) is 6.93. The van der Waals surface area contributed by atoms with E-state index in [4.69, 9.17) is 4.98 Å². The van der Waals surface area contributed by atoms with E-state index in [2.05, 4.69) is 79.5 Å². The number of imidazole rings is 1. The van der Waals surface area contributed by atoms with E-state index in [-0.39, 0.29) is 35.7 Å². The summed E-state index contributed by atoms with van der Waals surface area (Å²) in [5.74, 6) is 1.28. The molecule has 4 rings (SSSR count). The minimum Gasteiger partial charge on any atom is -0.349 e. The van der Waals surface area contributed by atoms with E-state index in [0.29, 0.717) is 23.7 Å². The predicted octanol–water partition coefficient (Wildman–Crippen LogP) is 3.57. The second kappa shape index (κ2) is 9.66. The first-order valence-electron chi connectivity index (χ1n) is 12.8. The van der Waals surface area contributed by atoms with Gasteiger partial charge in [0.1, 0.15) is 17.0 Å². The van der Waals surface area contributed by atoms with E-state index in [9.17, 15) is 10.1 Å². The Labute approximate surface area is 213 Å². The summed E-state index contributed by atoms with van der Waals surface area (Å²) in [5, 5.41) is 9.31. The molecule has 1 saturated heterocycles. The normalized spacial score (nSPS) is 20.0. The fraction of sp³-hybridized carbons (Fsp3) is 0.593. The largest absolute Gasteiger partial charge is 0.350 e. The van der Waals surface area contributed by atoms with Gasteiger partial charge in [-0.3, -0.25) is 14.5 Å². The maximum Gasteiger partial charge on any atom is 0.350 e. The Hall–Kier alpha value is -3.25. The molecule has 0 N–H and O–H groups in total. The van der Waals surface area contributed by atoms with Crippen molar-refractivity contribution in [2.45, 2.75) is 85.0 Å². The minimum absolute atomic E-state index is 0.00381. The molecule has 0 spiro atoms. The smallest absolute Gasteiger partial charge is 0.349 e. The van der Waals surface area contributed by atoms with Gasteiger partial charge < -0.3 is 9.47 Å². The molecule has 192 valence electrons. The summed E-state index contributed by atoms with van der Waals surface area (Å²) in [6.07, 6.45) is 2.11. The van der Waals surface area contributed by atoms with Crippen LogP contribution in [0.5, 0.6) is 0 Å². The number of piperazine rings is 1. The topological polar surface area (TPSA) is 95.9 Å². The quantitative estimate of drug-likeness (QED) is 0.539. The molecular weight excluding hydrogens is 452 g/mol. The lowest BCUT2D eigenvalue weighted by Crippen LogP contribution is -2.57. The van der Waals surface area contributed by atoms with Crippen LogP contribution in [0.15, 0.2) is 23.1 Å². The van der Waals surface area contributed by atoms with Crippen LogP contribution in [0.3, 0.4) is 0 Å². The number of rotatable bonds is 5. The fourth-order valence-corrected chi connectivity index (χ4v) is 5.32. The Balaban J connectivity index is 1.69. The van der Waals surface area contributed by atoms with Crippen LogP contribution in [0.4, 0.5) is 5.82 Å². The predicted molar refractivity (Wildman–Crippen MR) is 142 cm³/mol. The summed E-state index contributed by atoms with van der Waals surface area (Å²) in [5.41, 5.74) is 3.46. The molecule has 1 aliphatic heterocycles. The molecule has 1 unspecified atom stereocenters. The molecule has 0 bridgehead atoms. The zero-order valence-corrected chi connectivity index (χ0v) is 22.8. The molecule has 0 aliphatic carbocycles. The lowest BCUT2D eigenvalue weighted by Gasteiger charge is -2.47. The number of anilines is 1. The lowest BCUT2D eigenvalue weighted by molar-refractivity contribution is 0.119. The summed E-state index contributed by atoms with van der Waals surface area (Å²) >= 11 is 0. The van der Waals surface area contributed by atoms with Gasteiger partial charge in [-0.1, -0.05) is 20.8 Å². The van der Waals surface area contributed by atoms with Gasteiger partial charge in [-0.15, -0.1) is 0 Å². The number of aryl methyl sites for hydroxylation is 2. The van der Waals surface area contributed by atoms with Gasteiger partial charge in [0.15, 0.2) is 5.82 Å². The highest BCUT2D eigenvalue weighted by molar-refractivity contribution is 5.84. The van der Waals surface area contributed by atoms with Crippen LogP contribution in [0.25, 0.3) is 11.2 Å². The zero-order valence-electron chi connectivity index (χ0n) is 22.8. The van der Waals surface area contributed by atoms with Crippen molar-refractivity contribution in [2.75, 3.05) is 18.0 Å². The number of pyridine rings is 1. The molecule has 4 heterocycles.